The zero-order valence-corrected chi connectivity index (χ0v) is 11.8. The fourth-order valence-electron chi connectivity index (χ4n) is 1.91. The molecule has 1 aromatic carbocycles. The molecule has 1 amide bonds. The van der Waals surface area contributed by atoms with Gasteiger partial charge in [0.05, 0.1) is 0 Å². The van der Waals surface area contributed by atoms with Crippen molar-refractivity contribution in [3.05, 3.63) is 53.6 Å². The van der Waals surface area contributed by atoms with E-state index in [0.29, 0.717) is 24.1 Å². The second kappa shape index (κ2) is 7.27. The molecule has 21 heavy (non-hydrogen) atoms. The SMILES string of the molecule is Cn1ccnc1CCNC(=O)c1cccc(C#CCO)c1. The van der Waals surface area contributed by atoms with Crippen LogP contribution in [0.4, 0.5) is 0 Å². The highest BCUT2D eigenvalue weighted by atomic mass is 16.2. The molecule has 2 N–H and O–H groups in total. The number of amides is 1. The maximum Gasteiger partial charge on any atom is 0.251 e. The van der Waals surface area contributed by atoms with Crippen molar-refractivity contribution < 1.29 is 9.90 Å². The number of benzene rings is 1. The van der Waals surface area contributed by atoms with Gasteiger partial charge in [0.1, 0.15) is 12.4 Å². The fraction of sp³-hybridized carbons (Fsp3) is 0.250. The van der Waals surface area contributed by atoms with E-state index < -0.39 is 0 Å². The molecule has 0 aliphatic carbocycles. The van der Waals surface area contributed by atoms with Crippen LogP contribution in [0.15, 0.2) is 36.7 Å². The Balaban J connectivity index is 1.92. The summed E-state index contributed by atoms with van der Waals surface area (Å²) in [6.07, 6.45) is 4.29. The number of nitrogens with zero attached hydrogens (tertiary/aromatic N) is 2. The van der Waals surface area contributed by atoms with E-state index in [1.54, 1.807) is 30.5 Å². The van der Waals surface area contributed by atoms with Crippen LogP contribution < -0.4 is 5.32 Å². The molecule has 0 saturated heterocycles. The largest absolute Gasteiger partial charge is 0.384 e. The van der Waals surface area contributed by atoms with Gasteiger partial charge in [-0.05, 0) is 18.2 Å². The quantitative estimate of drug-likeness (QED) is 0.813. The summed E-state index contributed by atoms with van der Waals surface area (Å²) in [6, 6.07) is 7.02. The Morgan fingerprint density at radius 2 is 2.33 bits per heavy atom. The molecule has 0 spiro atoms. The minimum Gasteiger partial charge on any atom is -0.384 e. The van der Waals surface area contributed by atoms with Crippen LogP contribution in [-0.2, 0) is 13.5 Å². The van der Waals surface area contributed by atoms with Gasteiger partial charge in [-0.2, -0.15) is 0 Å². The third-order valence-electron chi connectivity index (χ3n) is 2.99. The van der Waals surface area contributed by atoms with Crippen LogP contribution in [0.25, 0.3) is 0 Å². The number of aromatic nitrogens is 2. The second-order valence-corrected chi connectivity index (χ2v) is 4.50. The Labute approximate surface area is 123 Å². The Morgan fingerprint density at radius 1 is 1.48 bits per heavy atom. The van der Waals surface area contributed by atoms with Gasteiger partial charge in [-0.25, -0.2) is 4.98 Å². The van der Waals surface area contributed by atoms with Crippen molar-refractivity contribution in [3.63, 3.8) is 0 Å². The second-order valence-electron chi connectivity index (χ2n) is 4.50. The first kappa shape index (κ1) is 14.8. The lowest BCUT2D eigenvalue weighted by atomic mass is 10.1. The molecule has 0 radical (unpaired) electrons. The van der Waals surface area contributed by atoms with Gasteiger partial charge in [0.25, 0.3) is 5.91 Å². The number of aliphatic hydroxyl groups is 1. The van der Waals surface area contributed by atoms with E-state index in [4.69, 9.17) is 5.11 Å². The van der Waals surface area contributed by atoms with Crippen LogP contribution in [0.2, 0.25) is 0 Å². The Kier molecular flexibility index (Phi) is 5.13. The highest BCUT2D eigenvalue weighted by molar-refractivity contribution is 5.94. The number of hydrogen-bond acceptors (Lipinski definition) is 3. The average molecular weight is 283 g/mol. The minimum atomic E-state index is -0.194. The summed E-state index contributed by atoms with van der Waals surface area (Å²) in [5.41, 5.74) is 1.26. The molecule has 0 fully saturated rings. The molecule has 0 aliphatic rings. The third-order valence-corrected chi connectivity index (χ3v) is 2.99. The molecular weight excluding hydrogens is 266 g/mol. The molecule has 0 aliphatic heterocycles. The molecule has 2 rings (SSSR count). The molecule has 1 heterocycles. The maximum atomic E-state index is 12.0. The van der Waals surface area contributed by atoms with Crippen LogP contribution in [0, 0.1) is 11.8 Å². The van der Waals surface area contributed by atoms with Crippen molar-refractivity contribution >= 4 is 5.91 Å². The first-order chi connectivity index (χ1) is 10.2. The molecule has 0 saturated carbocycles. The summed E-state index contributed by atoms with van der Waals surface area (Å²) in [5.74, 6) is 6.13. The smallest absolute Gasteiger partial charge is 0.251 e. The lowest BCUT2D eigenvalue weighted by Gasteiger charge is -2.06. The van der Waals surface area contributed by atoms with Crippen molar-refractivity contribution in [2.75, 3.05) is 13.2 Å². The summed E-state index contributed by atoms with van der Waals surface area (Å²) in [4.78, 5) is 16.3. The molecule has 0 bridgehead atoms. The zero-order valence-electron chi connectivity index (χ0n) is 11.8. The standard InChI is InChI=1S/C16H17N3O2/c1-19-10-9-17-15(19)7-8-18-16(21)14-6-2-4-13(12-14)5-3-11-20/h2,4,6,9-10,12,20H,7-8,11H2,1H3,(H,18,21). The number of carbonyl (C=O) groups excluding carboxylic acids is 1. The number of imidazole rings is 1. The van der Waals surface area contributed by atoms with Crippen LogP contribution in [0.5, 0.6) is 0 Å². The van der Waals surface area contributed by atoms with Gasteiger partial charge in [0.2, 0.25) is 0 Å². The molecule has 5 nitrogen and oxygen atoms in total. The zero-order chi connectivity index (χ0) is 15.1. The molecule has 0 atom stereocenters. The first-order valence-corrected chi connectivity index (χ1v) is 6.65. The Hall–Kier alpha value is -2.58. The molecule has 1 aromatic heterocycles. The van der Waals surface area contributed by atoms with Gasteiger partial charge >= 0.3 is 0 Å². The van der Waals surface area contributed by atoms with E-state index in [1.165, 1.54) is 0 Å². The van der Waals surface area contributed by atoms with Gasteiger partial charge in [-0.15, -0.1) is 0 Å². The molecule has 2 aromatic rings. The summed E-state index contributed by atoms with van der Waals surface area (Å²) in [5, 5.41) is 11.5. The van der Waals surface area contributed by atoms with Crippen LogP contribution in [0.1, 0.15) is 21.7 Å². The van der Waals surface area contributed by atoms with Gasteiger partial charge in [-0.3, -0.25) is 4.79 Å². The average Bonchev–Trinajstić information content (AvgIpc) is 2.91. The highest BCUT2D eigenvalue weighted by Gasteiger charge is 2.06. The van der Waals surface area contributed by atoms with E-state index >= 15 is 0 Å². The number of hydrogen-bond donors (Lipinski definition) is 2. The van der Waals surface area contributed by atoms with Crippen molar-refractivity contribution in [2.45, 2.75) is 6.42 Å². The number of nitrogens with one attached hydrogen (secondary N) is 1. The minimum absolute atomic E-state index is 0.142. The van der Waals surface area contributed by atoms with Crippen molar-refractivity contribution in [2.24, 2.45) is 7.05 Å². The van der Waals surface area contributed by atoms with Crippen molar-refractivity contribution in [3.8, 4) is 11.8 Å². The van der Waals surface area contributed by atoms with Gasteiger partial charge in [0.15, 0.2) is 0 Å². The number of carbonyl (C=O) groups is 1. The molecule has 0 unspecified atom stereocenters. The van der Waals surface area contributed by atoms with Gasteiger partial charge < -0.3 is 15.0 Å². The van der Waals surface area contributed by atoms with Crippen molar-refractivity contribution in [1.82, 2.24) is 14.9 Å². The van der Waals surface area contributed by atoms with E-state index in [1.807, 2.05) is 17.8 Å². The predicted octanol–water partition coefficient (Wildman–Crippen LogP) is 0.736. The molecular formula is C16H17N3O2. The van der Waals surface area contributed by atoms with Crippen LogP contribution in [-0.4, -0.2) is 33.7 Å². The fourth-order valence-corrected chi connectivity index (χ4v) is 1.91. The van der Waals surface area contributed by atoms with E-state index in [0.717, 1.165) is 5.82 Å². The lowest BCUT2D eigenvalue weighted by Crippen LogP contribution is -2.26. The van der Waals surface area contributed by atoms with Crippen molar-refractivity contribution in [1.29, 1.82) is 0 Å². The highest BCUT2D eigenvalue weighted by Crippen LogP contribution is 2.04. The monoisotopic (exact) mass is 283 g/mol. The summed E-state index contributed by atoms with van der Waals surface area (Å²) in [6.45, 7) is 0.330. The number of aliphatic hydroxyl groups excluding tert-OH is 1. The Morgan fingerprint density at radius 3 is 3.05 bits per heavy atom. The Bertz CT molecular complexity index is 680. The van der Waals surface area contributed by atoms with E-state index in [2.05, 4.69) is 22.1 Å². The van der Waals surface area contributed by atoms with Crippen LogP contribution in [0.3, 0.4) is 0 Å². The first-order valence-electron chi connectivity index (χ1n) is 6.65. The topological polar surface area (TPSA) is 67.2 Å². The molecule has 5 heteroatoms. The van der Waals surface area contributed by atoms with E-state index in [-0.39, 0.29) is 12.5 Å². The summed E-state index contributed by atoms with van der Waals surface area (Å²) >= 11 is 0. The maximum absolute atomic E-state index is 12.0. The summed E-state index contributed by atoms with van der Waals surface area (Å²) < 4.78 is 1.93. The normalized spacial score (nSPS) is 9.81. The number of rotatable bonds is 4. The van der Waals surface area contributed by atoms with Gasteiger partial charge in [-0.1, -0.05) is 17.9 Å². The van der Waals surface area contributed by atoms with Gasteiger partial charge in [0, 0.05) is 43.5 Å². The molecule has 108 valence electrons. The summed E-state index contributed by atoms with van der Waals surface area (Å²) in [7, 11) is 1.92. The van der Waals surface area contributed by atoms with E-state index in [9.17, 15) is 4.79 Å². The van der Waals surface area contributed by atoms with Crippen LogP contribution >= 0.6 is 0 Å². The predicted molar refractivity (Wildman–Crippen MR) is 79.7 cm³/mol. The number of aryl methyl sites for hydroxylation is 1. The third kappa shape index (κ3) is 4.20. The lowest BCUT2D eigenvalue weighted by molar-refractivity contribution is 0.0954.